The van der Waals surface area contributed by atoms with Crippen LogP contribution in [0.1, 0.15) is 44.0 Å². The highest BCUT2D eigenvalue weighted by Crippen LogP contribution is 2.20. The van der Waals surface area contributed by atoms with Crippen molar-refractivity contribution in [1.29, 1.82) is 0 Å². The molecule has 1 amide bonds. The van der Waals surface area contributed by atoms with Crippen LogP contribution in [0.15, 0.2) is 35.5 Å². The van der Waals surface area contributed by atoms with Gasteiger partial charge in [-0.3, -0.25) is 4.79 Å². The second kappa shape index (κ2) is 9.04. The number of carbonyl (C=O) groups excluding carboxylic acids is 1. The van der Waals surface area contributed by atoms with E-state index < -0.39 is 0 Å². The second-order valence-electron chi connectivity index (χ2n) is 6.47. The van der Waals surface area contributed by atoms with Gasteiger partial charge in [0.2, 0.25) is 5.91 Å². The third-order valence-corrected chi connectivity index (χ3v) is 5.61. The number of thioether (sulfide) groups is 1. The number of hydrogen-bond acceptors (Lipinski definition) is 4. The van der Waals surface area contributed by atoms with Crippen LogP contribution in [-0.4, -0.2) is 32.5 Å². The Labute approximate surface area is 153 Å². The Morgan fingerprint density at radius 2 is 1.96 bits per heavy atom. The lowest BCUT2D eigenvalue weighted by atomic mass is 10.1. The molecule has 3 rings (SSSR count). The van der Waals surface area contributed by atoms with Crippen molar-refractivity contribution in [3.05, 3.63) is 41.7 Å². The van der Waals surface area contributed by atoms with Gasteiger partial charge in [-0.25, -0.2) is 0 Å². The van der Waals surface area contributed by atoms with E-state index in [4.69, 9.17) is 0 Å². The minimum Gasteiger partial charge on any atom is -0.353 e. The zero-order valence-corrected chi connectivity index (χ0v) is 15.6. The fourth-order valence-electron chi connectivity index (χ4n) is 3.30. The summed E-state index contributed by atoms with van der Waals surface area (Å²) in [5, 5.41) is 12.6. The van der Waals surface area contributed by atoms with Gasteiger partial charge in [-0.2, -0.15) is 0 Å². The van der Waals surface area contributed by atoms with Crippen LogP contribution in [0.3, 0.4) is 0 Å². The molecular formula is C19H26N4OS. The molecule has 0 bridgehead atoms. The Hall–Kier alpha value is -1.82. The molecule has 1 aliphatic rings. The molecule has 0 radical (unpaired) electrons. The summed E-state index contributed by atoms with van der Waals surface area (Å²) in [6.45, 7) is 2.92. The fourth-order valence-corrected chi connectivity index (χ4v) is 4.13. The average molecular weight is 359 g/mol. The second-order valence-corrected chi connectivity index (χ2v) is 7.41. The summed E-state index contributed by atoms with van der Waals surface area (Å²) in [6.07, 6.45) is 6.50. The number of hydrogen-bond donors (Lipinski definition) is 1. The lowest BCUT2D eigenvalue weighted by Gasteiger charge is -2.11. The van der Waals surface area contributed by atoms with Gasteiger partial charge in [0.05, 0.1) is 5.75 Å². The number of benzene rings is 1. The predicted molar refractivity (Wildman–Crippen MR) is 101 cm³/mol. The normalized spacial score (nSPS) is 14.8. The highest BCUT2D eigenvalue weighted by Gasteiger charge is 2.18. The monoisotopic (exact) mass is 358 g/mol. The van der Waals surface area contributed by atoms with E-state index in [0.717, 1.165) is 43.2 Å². The third-order valence-electron chi connectivity index (χ3n) is 4.64. The summed E-state index contributed by atoms with van der Waals surface area (Å²) in [5.41, 5.74) is 1.30. The van der Waals surface area contributed by atoms with Gasteiger partial charge in [0.25, 0.3) is 0 Å². The molecule has 2 aromatic rings. The molecule has 1 N–H and O–H groups in total. The minimum atomic E-state index is 0.105. The molecule has 25 heavy (non-hydrogen) atoms. The molecule has 0 atom stereocenters. The van der Waals surface area contributed by atoms with E-state index in [1.165, 1.54) is 30.2 Å². The number of nitrogens with zero attached hydrogens (tertiary/aromatic N) is 3. The van der Waals surface area contributed by atoms with E-state index in [2.05, 4.69) is 51.3 Å². The Bertz CT molecular complexity index is 680. The van der Waals surface area contributed by atoms with Crippen LogP contribution in [0.2, 0.25) is 0 Å². The van der Waals surface area contributed by atoms with Gasteiger partial charge in [0.15, 0.2) is 5.16 Å². The summed E-state index contributed by atoms with van der Waals surface area (Å²) in [4.78, 5) is 12.1. The lowest BCUT2D eigenvalue weighted by Crippen LogP contribution is -2.33. The summed E-state index contributed by atoms with van der Waals surface area (Å²) >= 11 is 1.48. The standard InChI is InChI=1S/C19H26N4OS/c1-2-23-17(13-12-15-8-4-3-5-9-15)21-22-19(23)25-14-18(24)20-16-10-6-7-11-16/h3-5,8-9,16H,2,6-7,10-14H2,1H3,(H,20,24). The van der Waals surface area contributed by atoms with Crippen molar-refractivity contribution < 1.29 is 4.79 Å². The molecule has 1 aromatic heterocycles. The topological polar surface area (TPSA) is 59.8 Å². The highest BCUT2D eigenvalue weighted by molar-refractivity contribution is 7.99. The first-order valence-corrected chi connectivity index (χ1v) is 10.1. The third kappa shape index (κ3) is 5.08. The number of aryl methyl sites for hydroxylation is 2. The molecule has 134 valence electrons. The molecule has 0 unspecified atom stereocenters. The molecule has 1 fully saturated rings. The molecule has 1 saturated carbocycles. The molecule has 1 aromatic carbocycles. The van der Waals surface area contributed by atoms with Crippen molar-refractivity contribution in [2.45, 2.75) is 63.2 Å². The van der Waals surface area contributed by atoms with Crippen LogP contribution in [0.4, 0.5) is 0 Å². The first-order chi connectivity index (χ1) is 12.3. The van der Waals surface area contributed by atoms with Crippen LogP contribution in [-0.2, 0) is 24.2 Å². The molecule has 1 heterocycles. The summed E-state index contributed by atoms with van der Waals surface area (Å²) in [7, 11) is 0. The molecule has 0 saturated heterocycles. The molecule has 0 aliphatic heterocycles. The van der Waals surface area contributed by atoms with E-state index in [0.29, 0.717) is 11.8 Å². The zero-order chi connectivity index (χ0) is 17.5. The van der Waals surface area contributed by atoms with E-state index in [1.807, 2.05) is 6.07 Å². The summed E-state index contributed by atoms with van der Waals surface area (Å²) in [5.74, 6) is 1.51. The van der Waals surface area contributed by atoms with Gasteiger partial charge in [-0.15, -0.1) is 10.2 Å². The number of nitrogens with one attached hydrogen (secondary N) is 1. The maximum Gasteiger partial charge on any atom is 0.230 e. The van der Waals surface area contributed by atoms with Gasteiger partial charge < -0.3 is 9.88 Å². The van der Waals surface area contributed by atoms with Crippen LogP contribution in [0, 0.1) is 0 Å². The van der Waals surface area contributed by atoms with E-state index in [1.54, 1.807) is 0 Å². The van der Waals surface area contributed by atoms with Crippen molar-refractivity contribution in [2.24, 2.45) is 0 Å². The first kappa shape index (κ1) is 18.0. The van der Waals surface area contributed by atoms with Gasteiger partial charge >= 0.3 is 0 Å². The SMILES string of the molecule is CCn1c(CCc2ccccc2)nnc1SCC(=O)NC1CCCC1. The summed E-state index contributed by atoms with van der Waals surface area (Å²) in [6, 6.07) is 10.8. The largest absolute Gasteiger partial charge is 0.353 e. The Balaban J connectivity index is 1.53. The smallest absolute Gasteiger partial charge is 0.230 e. The van der Waals surface area contributed by atoms with Crippen molar-refractivity contribution in [3.63, 3.8) is 0 Å². The molecule has 6 heteroatoms. The number of rotatable bonds is 8. The van der Waals surface area contributed by atoms with E-state index in [-0.39, 0.29) is 5.91 Å². The maximum atomic E-state index is 12.1. The van der Waals surface area contributed by atoms with E-state index in [9.17, 15) is 4.79 Å². The summed E-state index contributed by atoms with van der Waals surface area (Å²) < 4.78 is 2.12. The van der Waals surface area contributed by atoms with Crippen LogP contribution in [0.5, 0.6) is 0 Å². The van der Waals surface area contributed by atoms with Gasteiger partial charge in [0.1, 0.15) is 5.82 Å². The van der Waals surface area contributed by atoms with Crippen LogP contribution < -0.4 is 5.32 Å². The zero-order valence-electron chi connectivity index (χ0n) is 14.8. The maximum absolute atomic E-state index is 12.1. The van der Waals surface area contributed by atoms with Crippen LogP contribution in [0.25, 0.3) is 0 Å². The van der Waals surface area contributed by atoms with Gasteiger partial charge in [-0.1, -0.05) is 54.9 Å². The van der Waals surface area contributed by atoms with Crippen molar-refractivity contribution >= 4 is 17.7 Å². The number of aromatic nitrogens is 3. The molecular weight excluding hydrogens is 332 g/mol. The minimum absolute atomic E-state index is 0.105. The van der Waals surface area contributed by atoms with Crippen molar-refractivity contribution in [3.8, 4) is 0 Å². The highest BCUT2D eigenvalue weighted by atomic mass is 32.2. The number of amides is 1. The quantitative estimate of drug-likeness (QED) is 0.736. The van der Waals surface area contributed by atoms with Crippen LogP contribution >= 0.6 is 11.8 Å². The lowest BCUT2D eigenvalue weighted by molar-refractivity contribution is -0.119. The average Bonchev–Trinajstić information content (AvgIpc) is 3.28. The fraction of sp³-hybridized carbons (Fsp3) is 0.526. The Kier molecular flexibility index (Phi) is 6.50. The van der Waals surface area contributed by atoms with Gasteiger partial charge in [-0.05, 0) is 31.7 Å². The van der Waals surface area contributed by atoms with E-state index >= 15 is 0 Å². The first-order valence-electron chi connectivity index (χ1n) is 9.14. The van der Waals surface area contributed by atoms with Crippen molar-refractivity contribution in [2.75, 3.05) is 5.75 Å². The molecule has 0 spiro atoms. The Morgan fingerprint density at radius 1 is 1.20 bits per heavy atom. The number of carbonyl (C=O) groups is 1. The van der Waals surface area contributed by atoms with Gasteiger partial charge in [0, 0.05) is 19.0 Å². The Morgan fingerprint density at radius 3 is 2.68 bits per heavy atom. The predicted octanol–water partition coefficient (Wildman–Crippen LogP) is 3.23. The molecule has 1 aliphatic carbocycles. The van der Waals surface area contributed by atoms with Crippen molar-refractivity contribution in [1.82, 2.24) is 20.1 Å². The molecule has 5 nitrogen and oxygen atoms in total.